The summed E-state index contributed by atoms with van der Waals surface area (Å²) in [7, 11) is 0. The van der Waals surface area contributed by atoms with Crippen LogP contribution in [-0.4, -0.2) is 133 Å². The molecule has 0 nitrogen and oxygen atoms in total. The van der Waals surface area contributed by atoms with Gasteiger partial charge in [0.15, 0.2) is 0 Å². The molecule has 0 bridgehead atoms. The van der Waals surface area contributed by atoms with E-state index >= 15 is 0 Å². The van der Waals surface area contributed by atoms with E-state index in [2.05, 4.69) is 0 Å². The van der Waals surface area contributed by atoms with Crippen LogP contribution in [-0.2, 0) is 0 Å². The maximum absolute atomic E-state index is 0. The fraction of sp³-hybridized carbons (Fsp3) is 0. The maximum Gasteiger partial charge on any atom is 0 e. The van der Waals surface area contributed by atoms with Crippen LogP contribution in [0.2, 0.25) is 0 Å². The van der Waals surface area contributed by atoms with Gasteiger partial charge in [-0.15, -0.1) is 24.0 Å². The topological polar surface area (TPSA) is 0 Å². The van der Waals surface area contributed by atoms with Crippen LogP contribution >= 0.6 is 24.0 Å². The molecule has 0 heterocycles. The fourth-order valence-electron chi connectivity index (χ4n) is 0. The second-order valence-corrected chi connectivity index (χ2v) is 0. The molecule has 0 aromatic carbocycles. The van der Waals surface area contributed by atoms with Crippen LogP contribution in [0.25, 0.3) is 0 Å². The van der Waals surface area contributed by atoms with Crippen LogP contribution in [0, 0.1) is 0 Å². The molecule has 0 fully saturated rings. The SMILES string of the molecule is I.[B].[Ba].[Rb].[Se]. The Morgan fingerprint density at radius 2 is 1.00 bits per heavy atom. The predicted molar refractivity (Wildman–Crippen MR) is 38.4 cm³/mol. The van der Waals surface area contributed by atoms with Gasteiger partial charge >= 0.3 is 0 Å². The number of hydrogen-bond donors (Lipinski definition) is 0. The van der Waals surface area contributed by atoms with Crippen molar-refractivity contribution in [2.45, 2.75) is 0 Å². The molecule has 5 heteroatoms. The molecule has 0 unspecified atom stereocenters. The molecule has 0 amide bonds. The first-order valence-corrected chi connectivity index (χ1v) is 0. The Labute approximate surface area is 151 Å². The van der Waals surface area contributed by atoms with E-state index in [4.69, 9.17) is 0 Å². The van der Waals surface area contributed by atoms with E-state index in [1.54, 1.807) is 0 Å². The van der Waals surface area contributed by atoms with E-state index in [0.29, 0.717) is 0 Å². The third kappa shape index (κ3) is 17.7. The quantitative estimate of drug-likeness (QED) is 0.338. The van der Waals surface area contributed by atoms with Gasteiger partial charge in [-0.1, -0.05) is 0 Å². The largest absolute Gasteiger partial charge is 0.107 e. The summed E-state index contributed by atoms with van der Waals surface area (Å²) in [5.41, 5.74) is 0. The van der Waals surface area contributed by atoms with E-state index in [-0.39, 0.29) is 157 Å². The van der Waals surface area contributed by atoms with Crippen LogP contribution in [0.3, 0.4) is 0 Å². The van der Waals surface area contributed by atoms with Gasteiger partial charge in [-0.2, -0.15) is 0 Å². The fourth-order valence-corrected chi connectivity index (χ4v) is 0. The van der Waals surface area contributed by atoms with E-state index in [9.17, 15) is 0 Å². The normalized spacial score (nSPS) is 0. The first-order valence-electron chi connectivity index (χ1n) is 0. The molecule has 0 aliphatic heterocycles. The Bertz CT molecular complexity index is 11.6. The van der Waals surface area contributed by atoms with Crippen LogP contribution in [0.5, 0.6) is 0 Å². The minimum Gasteiger partial charge on any atom is -0.107 e. The summed E-state index contributed by atoms with van der Waals surface area (Å²) in [6.45, 7) is 0. The zero-order chi connectivity index (χ0) is 0. The molecule has 0 aliphatic carbocycles. The standard InChI is InChI=1S/B.Ba.HI.Rb.Se/h;;1H;;. The van der Waals surface area contributed by atoms with Gasteiger partial charge in [0.2, 0.25) is 0 Å². The molecule has 0 rings (SSSR count). The molecule has 0 atom stereocenters. The number of halogens is 1. The molecule has 8 radical (unpaired) electrons. The summed E-state index contributed by atoms with van der Waals surface area (Å²) in [6, 6.07) is 0. The van der Waals surface area contributed by atoms with Gasteiger partial charge in [-0.25, -0.2) is 0 Å². The Morgan fingerprint density at radius 1 is 1.00 bits per heavy atom. The summed E-state index contributed by atoms with van der Waals surface area (Å²) >= 11 is 0. The van der Waals surface area contributed by atoms with Gasteiger partial charge in [-0.3, -0.25) is 0 Å². The van der Waals surface area contributed by atoms with E-state index in [0.717, 1.165) is 0 Å². The summed E-state index contributed by atoms with van der Waals surface area (Å²) in [4.78, 5) is 0. The number of rotatable bonds is 0. The number of hydrogen-bond acceptors (Lipinski definition) is 0. The molecular weight excluding hydrogens is 439 g/mol. The molecule has 0 aromatic heterocycles. The summed E-state index contributed by atoms with van der Waals surface area (Å²) in [5.74, 6) is 0. The van der Waals surface area contributed by atoms with Crippen LogP contribution in [0.1, 0.15) is 0 Å². The molecule has 0 N–H and O–H groups in total. The zero-order valence-corrected chi connectivity index (χ0v) is 16.5. The van der Waals surface area contributed by atoms with Crippen LogP contribution in [0.4, 0.5) is 0 Å². The third-order valence-corrected chi connectivity index (χ3v) is 0. The molecule has 0 saturated carbocycles. The van der Waals surface area contributed by atoms with Crippen LogP contribution in [0.15, 0.2) is 0 Å². The van der Waals surface area contributed by atoms with Gasteiger partial charge in [-0.05, 0) is 0 Å². The van der Waals surface area contributed by atoms with E-state index in [1.165, 1.54) is 0 Å². The van der Waals surface area contributed by atoms with Crippen molar-refractivity contribution in [3.05, 3.63) is 0 Å². The zero-order valence-electron chi connectivity index (χ0n) is 3.10. The van der Waals surface area contributed by atoms with Gasteiger partial charge in [0.1, 0.15) is 0 Å². The Balaban J connectivity index is 0. The Morgan fingerprint density at radius 3 is 1.00 bits per heavy atom. The Hall–Kier alpha value is 4.69. The van der Waals surface area contributed by atoms with Crippen molar-refractivity contribution in [1.82, 2.24) is 0 Å². The van der Waals surface area contributed by atoms with E-state index < -0.39 is 0 Å². The minimum atomic E-state index is 0. The molecular formula is HBBaIRbSe. The second kappa shape index (κ2) is 23.4. The van der Waals surface area contributed by atoms with Crippen LogP contribution < -0.4 is 0 Å². The first kappa shape index (κ1) is 33.3. The van der Waals surface area contributed by atoms with Crippen molar-refractivity contribution in [3.8, 4) is 0 Å². The van der Waals surface area contributed by atoms with Crippen molar-refractivity contribution < 1.29 is 0 Å². The molecule has 0 saturated heterocycles. The second-order valence-electron chi connectivity index (χ2n) is 0. The molecule has 0 aromatic rings. The van der Waals surface area contributed by atoms with Crippen molar-refractivity contribution in [3.63, 3.8) is 0 Å². The van der Waals surface area contributed by atoms with Crippen molar-refractivity contribution in [1.29, 1.82) is 0 Å². The molecule has 0 aliphatic rings. The van der Waals surface area contributed by atoms with Gasteiger partial charge in [0, 0.05) is 133 Å². The monoisotopic (exact) mass is 442 g/mol. The smallest absolute Gasteiger partial charge is 0 e. The third-order valence-electron chi connectivity index (χ3n) is 0. The minimum absolute atomic E-state index is 0. The summed E-state index contributed by atoms with van der Waals surface area (Å²) in [5, 5.41) is 0. The van der Waals surface area contributed by atoms with Gasteiger partial charge in [0.05, 0.1) is 0 Å². The van der Waals surface area contributed by atoms with Gasteiger partial charge in [0.25, 0.3) is 0 Å². The maximum atomic E-state index is 0. The Kier molecular flexibility index (Phi) is 155. The molecule has 5 heavy (non-hydrogen) atoms. The van der Waals surface area contributed by atoms with Crippen molar-refractivity contribution in [2.75, 3.05) is 0 Å². The van der Waals surface area contributed by atoms with Crippen molar-refractivity contribution in [2.24, 2.45) is 0 Å². The van der Waals surface area contributed by atoms with Gasteiger partial charge < -0.3 is 0 Å². The first-order chi connectivity index (χ1) is 0. The van der Waals surface area contributed by atoms with E-state index in [1.807, 2.05) is 0 Å². The average Bonchev–Trinajstić information content (AvgIpc) is 0. The summed E-state index contributed by atoms with van der Waals surface area (Å²) in [6.07, 6.45) is 0. The molecule has 0 spiro atoms. The molecule has 20 valence electrons. The summed E-state index contributed by atoms with van der Waals surface area (Å²) < 4.78 is 0. The average molecular weight is 440 g/mol. The predicted octanol–water partition coefficient (Wildman–Crippen LogP) is -0.905. The van der Waals surface area contributed by atoms with Crippen molar-refractivity contribution >= 4 is 157 Å².